The average molecular weight is 416 g/mol. The maximum atomic E-state index is 14.3. The van der Waals surface area contributed by atoms with E-state index < -0.39 is 34.6 Å². The van der Waals surface area contributed by atoms with Gasteiger partial charge in [0.1, 0.15) is 23.0 Å². The number of halogens is 5. The van der Waals surface area contributed by atoms with Crippen LogP contribution in [0.5, 0.6) is 11.5 Å². The van der Waals surface area contributed by atoms with Gasteiger partial charge in [0.25, 0.3) is 5.56 Å². The Morgan fingerprint density at radius 3 is 2.36 bits per heavy atom. The normalized spacial score (nSPS) is 11.5. The van der Waals surface area contributed by atoms with Crippen LogP contribution in [0.1, 0.15) is 5.69 Å². The fourth-order valence-electron chi connectivity index (χ4n) is 2.34. The van der Waals surface area contributed by atoms with Gasteiger partial charge in [-0.3, -0.25) is 4.79 Å². The van der Waals surface area contributed by atoms with Gasteiger partial charge in [0.05, 0.1) is 16.4 Å². The second kappa shape index (κ2) is 7.04. The van der Waals surface area contributed by atoms with Crippen molar-refractivity contribution >= 4 is 17.3 Å². The topological polar surface area (TPSA) is 90.1 Å². The summed E-state index contributed by atoms with van der Waals surface area (Å²) in [5.41, 5.74) is 0.909. The number of rotatable bonds is 3. The molecule has 28 heavy (non-hydrogen) atoms. The van der Waals surface area contributed by atoms with Crippen molar-refractivity contribution in [3.63, 3.8) is 0 Å². The largest absolute Gasteiger partial charge is 0.454 e. The Morgan fingerprint density at radius 1 is 1.07 bits per heavy atom. The van der Waals surface area contributed by atoms with Gasteiger partial charge in [-0.15, -0.1) is 0 Å². The zero-order valence-corrected chi connectivity index (χ0v) is 14.4. The number of para-hydroxylation sites is 2. The van der Waals surface area contributed by atoms with E-state index >= 15 is 0 Å². The van der Waals surface area contributed by atoms with Crippen LogP contribution in [-0.4, -0.2) is 9.55 Å². The molecular formula is C17H10ClF4N3O3. The van der Waals surface area contributed by atoms with Gasteiger partial charge >= 0.3 is 11.9 Å². The number of alkyl halides is 3. The molecule has 0 aliphatic carbocycles. The van der Waals surface area contributed by atoms with Gasteiger partial charge in [-0.05, 0) is 18.2 Å². The maximum Gasteiger partial charge on any atom is 0.431 e. The number of H-pyrrole nitrogens is 1. The Bertz CT molecular complexity index is 1140. The zero-order chi connectivity index (χ0) is 20.6. The van der Waals surface area contributed by atoms with Crippen molar-refractivity contribution in [3.8, 4) is 17.2 Å². The van der Waals surface area contributed by atoms with E-state index in [1.807, 2.05) is 0 Å². The molecule has 3 N–H and O–H groups in total. The van der Waals surface area contributed by atoms with Gasteiger partial charge in [-0.25, -0.2) is 13.8 Å². The molecule has 0 fully saturated rings. The third kappa shape index (κ3) is 3.72. The molecule has 146 valence electrons. The van der Waals surface area contributed by atoms with Crippen LogP contribution >= 0.6 is 11.6 Å². The number of anilines is 1. The van der Waals surface area contributed by atoms with Crippen molar-refractivity contribution in [1.29, 1.82) is 0 Å². The molecule has 0 spiro atoms. The predicted molar refractivity (Wildman–Crippen MR) is 93.6 cm³/mol. The molecule has 0 atom stereocenters. The molecule has 0 bridgehead atoms. The molecule has 0 radical (unpaired) electrons. The number of nitrogens with one attached hydrogen (secondary N) is 1. The lowest BCUT2D eigenvalue weighted by atomic mass is 10.2. The summed E-state index contributed by atoms with van der Waals surface area (Å²) in [4.78, 5) is 25.6. The highest BCUT2D eigenvalue weighted by atomic mass is 35.5. The number of hydrogen-bond acceptors (Lipinski definition) is 4. The van der Waals surface area contributed by atoms with Gasteiger partial charge in [-0.2, -0.15) is 13.2 Å². The Morgan fingerprint density at radius 2 is 1.75 bits per heavy atom. The van der Waals surface area contributed by atoms with E-state index in [-0.39, 0.29) is 32.8 Å². The second-order valence-corrected chi connectivity index (χ2v) is 5.94. The van der Waals surface area contributed by atoms with E-state index in [1.54, 1.807) is 12.1 Å². The molecule has 0 aliphatic heterocycles. The number of nitrogen functional groups attached to an aromatic ring is 1. The molecule has 2 aromatic carbocycles. The first-order valence-electron chi connectivity index (χ1n) is 7.53. The molecule has 11 heteroatoms. The van der Waals surface area contributed by atoms with Crippen LogP contribution in [0.25, 0.3) is 5.69 Å². The molecule has 1 heterocycles. The third-order valence-electron chi connectivity index (χ3n) is 3.62. The number of benzene rings is 2. The van der Waals surface area contributed by atoms with E-state index in [0.29, 0.717) is 0 Å². The lowest BCUT2D eigenvalue weighted by Gasteiger charge is -2.13. The third-order valence-corrected chi connectivity index (χ3v) is 3.91. The number of nitrogens with two attached hydrogens (primary N) is 1. The number of nitrogens with zero attached hydrogens (tertiary/aromatic N) is 1. The summed E-state index contributed by atoms with van der Waals surface area (Å²) >= 11 is 5.93. The Kier molecular flexibility index (Phi) is 4.90. The second-order valence-electron chi connectivity index (χ2n) is 5.53. The van der Waals surface area contributed by atoms with Crippen LogP contribution in [0.3, 0.4) is 0 Å². The summed E-state index contributed by atoms with van der Waals surface area (Å²) in [5, 5.41) is -0.208. The van der Waals surface area contributed by atoms with Crippen molar-refractivity contribution in [1.82, 2.24) is 9.55 Å². The molecule has 3 aromatic rings. The van der Waals surface area contributed by atoms with Crippen LogP contribution < -0.4 is 21.7 Å². The van der Waals surface area contributed by atoms with Crippen LogP contribution in [0, 0.1) is 5.82 Å². The number of aromatic nitrogens is 2. The van der Waals surface area contributed by atoms with Gasteiger partial charge in [-0.1, -0.05) is 23.7 Å². The molecule has 3 rings (SSSR count). The first kappa shape index (κ1) is 19.5. The van der Waals surface area contributed by atoms with Crippen LogP contribution in [0.2, 0.25) is 5.02 Å². The summed E-state index contributed by atoms with van der Waals surface area (Å²) < 4.78 is 58.2. The van der Waals surface area contributed by atoms with Gasteiger partial charge < -0.3 is 15.5 Å². The standard InChI is InChI=1S/C17H10ClF4N3O3/c18-8-5-9(19)11(6-13(8)28-12-4-2-1-3-10(12)23)25-15(26)7-14(17(20,21)22)24-16(25)27/h1-7H,23H2,(H,24,27). The summed E-state index contributed by atoms with van der Waals surface area (Å²) in [6.07, 6.45) is -4.95. The first-order valence-corrected chi connectivity index (χ1v) is 7.91. The molecular weight excluding hydrogens is 406 g/mol. The SMILES string of the molecule is Nc1ccccc1Oc1cc(-n2c(=O)cc(C(F)(F)F)[nH]c2=O)c(F)cc1Cl. The number of hydrogen-bond donors (Lipinski definition) is 2. The van der Waals surface area contributed by atoms with Crippen LogP contribution in [0.15, 0.2) is 52.1 Å². The minimum atomic E-state index is -4.95. The average Bonchev–Trinajstić information content (AvgIpc) is 2.59. The fraction of sp³-hybridized carbons (Fsp3) is 0.0588. The van der Waals surface area contributed by atoms with E-state index in [4.69, 9.17) is 22.1 Å². The van der Waals surface area contributed by atoms with E-state index in [0.717, 1.165) is 12.1 Å². The monoisotopic (exact) mass is 415 g/mol. The summed E-state index contributed by atoms with van der Waals surface area (Å²) in [5.74, 6) is -1.12. The lowest BCUT2D eigenvalue weighted by Crippen LogP contribution is -2.36. The Labute approximate surface area is 158 Å². The quantitative estimate of drug-likeness (QED) is 0.504. The minimum absolute atomic E-state index is 0.144. The van der Waals surface area contributed by atoms with Crippen LogP contribution in [-0.2, 0) is 6.18 Å². The highest BCUT2D eigenvalue weighted by Gasteiger charge is 2.33. The Hall–Kier alpha value is -3.27. The smallest absolute Gasteiger partial charge is 0.431 e. The zero-order valence-electron chi connectivity index (χ0n) is 13.7. The maximum absolute atomic E-state index is 14.3. The summed E-state index contributed by atoms with van der Waals surface area (Å²) in [6.45, 7) is 0. The van der Waals surface area contributed by atoms with Gasteiger partial charge in [0.2, 0.25) is 0 Å². The summed E-state index contributed by atoms with van der Waals surface area (Å²) in [7, 11) is 0. The van der Waals surface area contributed by atoms with Gasteiger partial charge in [0.15, 0.2) is 0 Å². The molecule has 0 unspecified atom stereocenters. The number of aromatic amines is 1. The lowest BCUT2D eigenvalue weighted by molar-refractivity contribution is -0.141. The Balaban J connectivity index is 2.15. The van der Waals surface area contributed by atoms with Crippen molar-refractivity contribution in [2.75, 3.05) is 5.73 Å². The molecule has 1 aromatic heterocycles. The molecule has 6 nitrogen and oxygen atoms in total. The molecule has 0 amide bonds. The number of ether oxygens (including phenoxy) is 1. The fourth-order valence-corrected chi connectivity index (χ4v) is 2.52. The molecule has 0 aliphatic rings. The predicted octanol–water partition coefficient (Wildman–Crippen LogP) is 3.71. The van der Waals surface area contributed by atoms with Gasteiger partial charge in [0, 0.05) is 12.1 Å². The highest BCUT2D eigenvalue weighted by Crippen LogP contribution is 2.35. The van der Waals surface area contributed by atoms with E-state index in [9.17, 15) is 27.2 Å². The van der Waals surface area contributed by atoms with Crippen molar-refractivity contribution in [2.24, 2.45) is 0 Å². The highest BCUT2D eigenvalue weighted by molar-refractivity contribution is 6.32. The van der Waals surface area contributed by atoms with Crippen LogP contribution in [0.4, 0.5) is 23.2 Å². The van der Waals surface area contributed by atoms with Crippen molar-refractivity contribution in [2.45, 2.75) is 6.18 Å². The summed E-state index contributed by atoms with van der Waals surface area (Å²) in [6, 6.07) is 8.08. The van der Waals surface area contributed by atoms with Crippen molar-refractivity contribution in [3.05, 3.63) is 79.8 Å². The first-order chi connectivity index (χ1) is 13.1. The molecule has 0 saturated carbocycles. The van der Waals surface area contributed by atoms with E-state index in [1.165, 1.54) is 17.1 Å². The minimum Gasteiger partial charge on any atom is -0.454 e. The van der Waals surface area contributed by atoms with Crippen molar-refractivity contribution < 1.29 is 22.3 Å². The van der Waals surface area contributed by atoms with E-state index in [2.05, 4.69) is 0 Å². The molecule has 0 saturated heterocycles.